The van der Waals surface area contributed by atoms with Crippen LogP contribution in [0.15, 0.2) is 35.4 Å². The molecule has 0 unspecified atom stereocenters. The number of aliphatic hydroxyl groups excluding tert-OH is 1. The first kappa shape index (κ1) is 14.8. The van der Waals surface area contributed by atoms with Gasteiger partial charge in [-0.05, 0) is 18.2 Å². The largest absolute Gasteiger partial charge is 0.384 e. The highest BCUT2D eigenvalue weighted by Gasteiger charge is 2.10. The molecule has 0 aliphatic carbocycles. The van der Waals surface area contributed by atoms with Crippen molar-refractivity contribution in [1.82, 2.24) is 9.97 Å². The third-order valence-corrected chi connectivity index (χ3v) is 2.67. The molecular formula is C14H10ClN3O3. The van der Waals surface area contributed by atoms with Gasteiger partial charge < -0.3 is 15.4 Å². The van der Waals surface area contributed by atoms with Gasteiger partial charge in [-0.25, -0.2) is 4.98 Å². The fourth-order valence-electron chi connectivity index (χ4n) is 1.52. The fraction of sp³-hybridized carbons (Fsp3) is 0.0714. The molecule has 2 aromatic rings. The highest BCUT2D eigenvalue weighted by atomic mass is 35.5. The lowest BCUT2D eigenvalue weighted by Crippen LogP contribution is -2.17. The van der Waals surface area contributed by atoms with Crippen LogP contribution < -0.4 is 10.9 Å². The maximum atomic E-state index is 12.0. The van der Waals surface area contributed by atoms with Crippen LogP contribution in [0.25, 0.3) is 0 Å². The minimum absolute atomic E-state index is 0.0515. The number of aliphatic hydroxyl groups is 1. The molecule has 0 bridgehead atoms. The second kappa shape index (κ2) is 6.70. The molecule has 0 saturated carbocycles. The number of nitrogens with one attached hydrogen (secondary N) is 2. The van der Waals surface area contributed by atoms with Gasteiger partial charge in [0.2, 0.25) is 0 Å². The van der Waals surface area contributed by atoms with Gasteiger partial charge in [-0.1, -0.05) is 23.4 Å². The summed E-state index contributed by atoms with van der Waals surface area (Å²) >= 11 is 5.89. The maximum absolute atomic E-state index is 12.0. The molecule has 0 saturated heterocycles. The monoisotopic (exact) mass is 303 g/mol. The topological polar surface area (TPSA) is 95.1 Å². The summed E-state index contributed by atoms with van der Waals surface area (Å²) in [5, 5.41) is 11.8. The third-order valence-electron chi connectivity index (χ3n) is 2.44. The molecule has 0 aliphatic heterocycles. The number of carbonyl (C=O) groups excluding carboxylic acids is 1. The number of benzene rings is 1. The number of hydrogen-bond donors (Lipinski definition) is 3. The van der Waals surface area contributed by atoms with Crippen molar-refractivity contribution < 1.29 is 9.90 Å². The molecule has 0 fully saturated rings. The summed E-state index contributed by atoms with van der Waals surface area (Å²) < 4.78 is 0. The quantitative estimate of drug-likeness (QED) is 0.722. The smallest absolute Gasteiger partial charge is 0.275 e. The molecule has 0 atom stereocenters. The van der Waals surface area contributed by atoms with Crippen LogP contribution >= 0.6 is 11.6 Å². The van der Waals surface area contributed by atoms with Crippen molar-refractivity contribution in [3.63, 3.8) is 0 Å². The van der Waals surface area contributed by atoms with Gasteiger partial charge in [-0.2, -0.15) is 0 Å². The predicted molar refractivity (Wildman–Crippen MR) is 78.2 cm³/mol. The molecule has 1 amide bonds. The van der Waals surface area contributed by atoms with Crippen LogP contribution in [0.1, 0.15) is 16.1 Å². The Kier molecular flexibility index (Phi) is 4.72. The number of hydrogen-bond acceptors (Lipinski definition) is 4. The van der Waals surface area contributed by atoms with Crippen LogP contribution in [0, 0.1) is 11.8 Å². The van der Waals surface area contributed by atoms with Gasteiger partial charge in [0.05, 0.1) is 11.9 Å². The molecule has 21 heavy (non-hydrogen) atoms. The molecular weight excluding hydrogens is 294 g/mol. The second-order valence-electron chi connectivity index (χ2n) is 3.90. The molecule has 0 aliphatic rings. The van der Waals surface area contributed by atoms with Gasteiger partial charge >= 0.3 is 0 Å². The lowest BCUT2D eigenvalue weighted by atomic mass is 10.1. The van der Waals surface area contributed by atoms with Crippen molar-refractivity contribution in [2.75, 3.05) is 11.9 Å². The molecule has 106 valence electrons. The number of halogens is 1. The van der Waals surface area contributed by atoms with Crippen LogP contribution in [0.4, 0.5) is 5.69 Å². The second-order valence-corrected chi connectivity index (χ2v) is 4.34. The van der Waals surface area contributed by atoms with Gasteiger partial charge in [-0.15, -0.1) is 0 Å². The van der Waals surface area contributed by atoms with E-state index >= 15 is 0 Å². The van der Waals surface area contributed by atoms with E-state index < -0.39 is 11.5 Å². The summed E-state index contributed by atoms with van der Waals surface area (Å²) in [7, 11) is 0. The first-order chi connectivity index (χ1) is 10.1. The zero-order valence-electron chi connectivity index (χ0n) is 10.7. The van der Waals surface area contributed by atoms with E-state index in [9.17, 15) is 9.59 Å². The fourth-order valence-corrected chi connectivity index (χ4v) is 1.69. The molecule has 2 rings (SSSR count). The number of anilines is 1. The summed E-state index contributed by atoms with van der Waals surface area (Å²) in [6.45, 7) is -0.294. The van der Waals surface area contributed by atoms with Crippen molar-refractivity contribution in [3.05, 3.63) is 57.2 Å². The van der Waals surface area contributed by atoms with E-state index in [1.165, 1.54) is 12.3 Å². The number of nitrogens with zero attached hydrogens (tertiary/aromatic N) is 1. The Hall–Kier alpha value is -2.62. The van der Waals surface area contributed by atoms with Gasteiger partial charge in [0.1, 0.15) is 12.3 Å². The van der Waals surface area contributed by atoms with E-state index in [0.717, 1.165) is 6.20 Å². The number of carbonyl (C=O) groups is 1. The maximum Gasteiger partial charge on any atom is 0.275 e. The van der Waals surface area contributed by atoms with Gasteiger partial charge in [0.25, 0.3) is 11.5 Å². The third kappa shape index (κ3) is 3.92. The highest BCUT2D eigenvalue weighted by molar-refractivity contribution is 6.31. The Morgan fingerprint density at radius 2 is 2.29 bits per heavy atom. The molecule has 1 aromatic heterocycles. The predicted octanol–water partition coefficient (Wildman–Crippen LogP) is 1.02. The number of rotatable bonds is 2. The van der Waals surface area contributed by atoms with Gasteiger partial charge in [0, 0.05) is 16.8 Å². The van der Waals surface area contributed by atoms with E-state index in [1.54, 1.807) is 12.1 Å². The van der Waals surface area contributed by atoms with Crippen molar-refractivity contribution in [2.24, 2.45) is 0 Å². The molecule has 7 heteroatoms. The SMILES string of the molecule is O=C(Nc1cc(Cl)ccc1C#CCO)c1c[nH]c(=O)cn1. The summed E-state index contributed by atoms with van der Waals surface area (Å²) in [5.74, 6) is 4.68. The van der Waals surface area contributed by atoms with Crippen LogP contribution in [-0.4, -0.2) is 27.6 Å². The number of aromatic nitrogens is 2. The Morgan fingerprint density at radius 3 is 2.95 bits per heavy atom. The Labute approximate surface area is 124 Å². The van der Waals surface area contributed by atoms with Crippen molar-refractivity contribution in [1.29, 1.82) is 0 Å². The van der Waals surface area contributed by atoms with Gasteiger partial charge in [-0.3, -0.25) is 9.59 Å². The normalized spacial score (nSPS) is 9.62. The summed E-state index contributed by atoms with van der Waals surface area (Å²) in [6.07, 6.45) is 2.22. The lowest BCUT2D eigenvalue weighted by molar-refractivity contribution is 0.102. The van der Waals surface area contributed by atoms with E-state index in [4.69, 9.17) is 16.7 Å². The molecule has 3 N–H and O–H groups in total. The number of H-pyrrole nitrogens is 1. The molecule has 1 heterocycles. The molecule has 0 radical (unpaired) electrons. The van der Waals surface area contributed by atoms with Gasteiger partial charge in [0.15, 0.2) is 0 Å². The minimum Gasteiger partial charge on any atom is -0.384 e. The van der Waals surface area contributed by atoms with E-state index in [2.05, 4.69) is 27.1 Å². The number of aromatic amines is 1. The average Bonchev–Trinajstić information content (AvgIpc) is 2.47. The van der Waals surface area contributed by atoms with Crippen molar-refractivity contribution in [3.8, 4) is 11.8 Å². The van der Waals surface area contributed by atoms with Crippen LogP contribution in [-0.2, 0) is 0 Å². The van der Waals surface area contributed by atoms with Crippen molar-refractivity contribution >= 4 is 23.2 Å². The summed E-state index contributed by atoms with van der Waals surface area (Å²) in [6, 6.07) is 4.78. The summed E-state index contributed by atoms with van der Waals surface area (Å²) in [5.41, 5.74) is 0.548. The van der Waals surface area contributed by atoms with Crippen molar-refractivity contribution in [2.45, 2.75) is 0 Å². The van der Waals surface area contributed by atoms with E-state index in [1.807, 2.05) is 0 Å². The first-order valence-electron chi connectivity index (χ1n) is 5.85. The van der Waals surface area contributed by atoms with Crippen LogP contribution in [0.3, 0.4) is 0 Å². The Balaban J connectivity index is 2.29. The zero-order valence-corrected chi connectivity index (χ0v) is 11.4. The number of amides is 1. The zero-order chi connectivity index (χ0) is 15.2. The minimum atomic E-state index is -0.513. The Bertz CT molecular complexity index is 770. The molecule has 6 nitrogen and oxygen atoms in total. The lowest BCUT2D eigenvalue weighted by Gasteiger charge is -2.07. The Morgan fingerprint density at radius 1 is 1.48 bits per heavy atom. The summed E-state index contributed by atoms with van der Waals surface area (Å²) in [4.78, 5) is 29.0. The molecule has 0 spiro atoms. The van der Waals surface area contributed by atoms with Crippen LogP contribution in [0.5, 0.6) is 0 Å². The molecule has 1 aromatic carbocycles. The highest BCUT2D eigenvalue weighted by Crippen LogP contribution is 2.20. The average molecular weight is 304 g/mol. The standard InChI is InChI=1S/C14H10ClN3O3/c15-10-4-3-9(2-1-5-19)11(6-10)18-14(21)12-7-17-13(20)8-16-12/h3-4,6-8,19H,5H2,(H,17,20)(H,18,21). The van der Waals surface area contributed by atoms with Crippen LogP contribution in [0.2, 0.25) is 5.02 Å². The van der Waals surface area contributed by atoms with E-state index in [0.29, 0.717) is 16.3 Å². The van der Waals surface area contributed by atoms with E-state index in [-0.39, 0.29) is 12.3 Å². The first-order valence-corrected chi connectivity index (χ1v) is 6.23.